The van der Waals surface area contributed by atoms with Crippen LogP contribution in [0.5, 0.6) is 5.75 Å². The molecule has 1 saturated heterocycles. The molecule has 0 amide bonds. The average molecular weight is 312 g/mol. The first-order chi connectivity index (χ1) is 9.66. The highest BCUT2D eigenvalue weighted by Crippen LogP contribution is 2.26. The Labute approximate surface area is 127 Å². The smallest absolute Gasteiger partial charge is 0.211 e. The van der Waals surface area contributed by atoms with Gasteiger partial charge < -0.3 is 4.74 Å². The fourth-order valence-corrected chi connectivity index (χ4v) is 3.24. The van der Waals surface area contributed by atoms with Crippen molar-refractivity contribution in [3.8, 4) is 5.75 Å². The van der Waals surface area contributed by atoms with Gasteiger partial charge in [-0.1, -0.05) is 20.8 Å². The number of sulfonamides is 1. The minimum absolute atomic E-state index is 0.0338. The molecule has 6 heteroatoms. The number of aromatic nitrogens is 1. The van der Waals surface area contributed by atoms with E-state index in [-0.39, 0.29) is 11.5 Å². The van der Waals surface area contributed by atoms with Gasteiger partial charge in [0.15, 0.2) is 0 Å². The van der Waals surface area contributed by atoms with Crippen LogP contribution in [0.1, 0.15) is 39.2 Å². The van der Waals surface area contributed by atoms with Crippen molar-refractivity contribution in [1.82, 2.24) is 9.29 Å². The Kier molecular flexibility index (Phi) is 4.58. The van der Waals surface area contributed by atoms with Gasteiger partial charge in [-0.05, 0) is 29.9 Å². The van der Waals surface area contributed by atoms with Gasteiger partial charge >= 0.3 is 0 Å². The first-order valence-corrected chi connectivity index (χ1v) is 9.08. The largest absolute Gasteiger partial charge is 0.489 e. The molecule has 1 aliphatic heterocycles. The van der Waals surface area contributed by atoms with E-state index in [9.17, 15) is 8.42 Å². The van der Waals surface area contributed by atoms with E-state index in [0.717, 1.165) is 11.3 Å². The molecule has 0 saturated carbocycles. The topological polar surface area (TPSA) is 59.5 Å². The summed E-state index contributed by atoms with van der Waals surface area (Å²) in [5.74, 6) is 0.764. The highest BCUT2D eigenvalue weighted by molar-refractivity contribution is 7.88. The van der Waals surface area contributed by atoms with Crippen molar-refractivity contribution in [2.45, 2.75) is 45.1 Å². The molecule has 0 unspecified atom stereocenters. The second kappa shape index (κ2) is 5.93. The summed E-state index contributed by atoms with van der Waals surface area (Å²) in [6.07, 6.45) is 6.32. The lowest BCUT2D eigenvalue weighted by molar-refractivity contribution is 0.134. The van der Waals surface area contributed by atoms with Gasteiger partial charge in [0.05, 0.1) is 12.5 Å². The van der Waals surface area contributed by atoms with Crippen LogP contribution in [0.15, 0.2) is 18.5 Å². The first-order valence-electron chi connectivity index (χ1n) is 7.23. The van der Waals surface area contributed by atoms with Crippen LogP contribution < -0.4 is 4.74 Å². The molecule has 118 valence electrons. The Morgan fingerprint density at radius 3 is 2.38 bits per heavy atom. The number of hydrogen-bond acceptors (Lipinski definition) is 4. The lowest BCUT2D eigenvalue weighted by Gasteiger charge is -2.30. The van der Waals surface area contributed by atoms with Crippen LogP contribution in [0.25, 0.3) is 0 Å². The van der Waals surface area contributed by atoms with Gasteiger partial charge in [0.1, 0.15) is 11.9 Å². The van der Waals surface area contributed by atoms with Gasteiger partial charge in [-0.25, -0.2) is 12.7 Å². The third-order valence-electron chi connectivity index (χ3n) is 3.75. The number of ether oxygens (including phenoxy) is 1. The molecule has 21 heavy (non-hydrogen) atoms. The zero-order chi connectivity index (χ0) is 15.7. The van der Waals surface area contributed by atoms with Gasteiger partial charge in [-0.2, -0.15) is 0 Å². The van der Waals surface area contributed by atoms with Crippen molar-refractivity contribution >= 4 is 10.0 Å². The first kappa shape index (κ1) is 16.2. The van der Waals surface area contributed by atoms with E-state index in [1.54, 1.807) is 6.20 Å². The number of hydrogen-bond donors (Lipinski definition) is 0. The maximum absolute atomic E-state index is 11.5. The van der Waals surface area contributed by atoms with Crippen LogP contribution in [0, 0.1) is 0 Å². The highest BCUT2D eigenvalue weighted by Gasteiger charge is 2.26. The normalized spacial score (nSPS) is 18.7. The second-order valence-corrected chi connectivity index (χ2v) is 8.62. The van der Waals surface area contributed by atoms with E-state index < -0.39 is 10.0 Å². The molecule has 5 nitrogen and oxygen atoms in total. The van der Waals surface area contributed by atoms with Crippen molar-refractivity contribution < 1.29 is 13.2 Å². The SMILES string of the molecule is CC(C)(C)c1cncc(OC2CCN(S(C)(=O)=O)CC2)c1. The summed E-state index contributed by atoms with van der Waals surface area (Å²) < 4.78 is 30.4. The summed E-state index contributed by atoms with van der Waals surface area (Å²) in [6, 6.07) is 2.02. The molecule has 0 atom stereocenters. The Balaban J connectivity index is 1.98. The third kappa shape index (κ3) is 4.41. The molecule has 0 aliphatic carbocycles. The summed E-state index contributed by atoms with van der Waals surface area (Å²) >= 11 is 0. The second-order valence-electron chi connectivity index (χ2n) is 6.64. The van der Waals surface area contributed by atoms with E-state index in [4.69, 9.17) is 4.74 Å². The van der Waals surface area contributed by atoms with Crippen molar-refractivity contribution in [2.75, 3.05) is 19.3 Å². The minimum Gasteiger partial charge on any atom is -0.489 e. The van der Waals surface area contributed by atoms with Crippen LogP contribution >= 0.6 is 0 Å². The molecule has 0 radical (unpaired) electrons. The monoisotopic (exact) mass is 312 g/mol. The fraction of sp³-hybridized carbons (Fsp3) is 0.667. The van der Waals surface area contributed by atoms with Crippen molar-refractivity contribution in [3.05, 3.63) is 24.0 Å². The fourth-order valence-electron chi connectivity index (χ4n) is 2.37. The van der Waals surface area contributed by atoms with Gasteiger partial charge in [-0.3, -0.25) is 4.98 Å². The van der Waals surface area contributed by atoms with Crippen LogP contribution in [0.2, 0.25) is 0 Å². The molecule has 0 bridgehead atoms. The van der Waals surface area contributed by atoms with E-state index in [2.05, 4.69) is 25.8 Å². The molecule has 1 aliphatic rings. The molecular formula is C15H24N2O3S. The quantitative estimate of drug-likeness (QED) is 0.858. The van der Waals surface area contributed by atoms with Crippen LogP contribution in [-0.2, 0) is 15.4 Å². The lowest BCUT2D eigenvalue weighted by atomic mass is 9.88. The molecule has 1 fully saturated rings. The number of pyridine rings is 1. The van der Waals surface area contributed by atoms with Gasteiger partial charge in [0.2, 0.25) is 10.0 Å². The Bertz CT molecular complexity index is 585. The Morgan fingerprint density at radius 1 is 1.24 bits per heavy atom. The van der Waals surface area contributed by atoms with E-state index in [1.165, 1.54) is 10.6 Å². The predicted octanol–water partition coefficient (Wildman–Crippen LogP) is 2.18. The molecule has 0 spiro atoms. The number of piperidine rings is 1. The predicted molar refractivity (Wildman–Crippen MR) is 83.0 cm³/mol. The number of nitrogens with zero attached hydrogens (tertiary/aromatic N) is 2. The zero-order valence-electron chi connectivity index (χ0n) is 13.2. The summed E-state index contributed by atoms with van der Waals surface area (Å²) in [4.78, 5) is 4.24. The zero-order valence-corrected chi connectivity index (χ0v) is 14.0. The molecule has 2 heterocycles. The summed E-state index contributed by atoms with van der Waals surface area (Å²) in [5.41, 5.74) is 1.17. The van der Waals surface area contributed by atoms with E-state index in [0.29, 0.717) is 25.9 Å². The third-order valence-corrected chi connectivity index (χ3v) is 5.06. The summed E-state index contributed by atoms with van der Waals surface area (Å²) in [5, 5.41) is 0. The summed E-state index contributed by atoms with van der Waals surface area (Å²) in [6.45, 7) is 7.46. The molecule has 1 aromatic heterocycles. The van der Waals surface area contributed by atoms with Crippen molar-refractivity contribution in [3.63, 3.8) is 0 Å². The standard InChI is InChI=1S/C15H24N2O3S/c1-15(2,3)12-9-14(11-16-10-12)20-13-5-7-17(8-6-13)21(4,18)19/h9-11,13H,5-8H2,1-4H3. The Hall–Kier alpha value is -1.14. The van der Waals surface area contributed by atoms with Crippen LogP contribution in [0.4, 0.5) is 0 Å². The molecular weight excluding hydrogens is 288 g/mol. The van der Waals surface area contributed by atoms with Gasteiger partial charge in [-0.15, -0.1) is 0 Å². The van der Waals surface area contributed by atoms with Crippen LogP contribution in [0.3, 0.4) is 0 Å². The molecule has 2 rings (SSSR count). The van der Waals surface area contributed by atoms with Gasteiger partial charge in [0.25, 0.3) is 0 Å². The minimum atomic E-state index is -3.08. The number of rotatable bonds is 3. The molecule has 0 N–H and O–H groups in total. The van der Waals surface area contributed by atoms with Crippen LogP contribution in [-0.4, -0.2) is 43.2 Å². The lowest BCUT2D eigenvalue weighted by Crippen LogP contribution is -2.41. The summed E-state index contributed by atoms with van der Waals surface area (Å²) in [7, 11) is -3.08. The van der Waals surface area contributed by atoms with Crippen molar-refractivity contribution in [1.29, 1.82) is 0 Å². The van der Waals surface area contributed by atoms with Crippen molar-refractivity contribution in [2.24, 2.45) is 0 Å². The maximum atomic E-state index is 11.5. The maximum Gasteiger partial charge on any atom is 0.211 e. The van der Waals surface area contributed by atoms with E-state index >= 15 is 0 Å². The Morgan fingerprint density at radius 2 is 1.86 bits per heavy atom. The molecule has 1 aromatic rings. The average Bonchev–Trinajstić information content (AvgIpc) is 2.37. The molecule has 0 aromatic carbocycles. The van der Waals surface area contributed by atoms with Gasteiger partial charge in [0, 0.05) is 19.3 Å². The van der Waals surface area contributed by atoms with E-state index in [1.807, 2.05) is 12.3 Å². The highest BCUT2D eigenvalue weighted by atomic mass is 32.2.